The van der Waals surface area contributed by atoms with Gasteiger partial charge in [-0.3, -0.25) is 0 Å². The number of nitrogens with zero attached hydrogens (tertiary/aromatic N) is 3. The maximum absolute atomic E-state index is 14.4. The third kappa shape index (κ3) is 3.47. The minimum Gasteiger partial charge on any atom is -0.434 e. The molecule has 1 N–H and O–H groups in total. The van der Waals surface area contributed by atoms with Crippen LogP contribution in [0.2, 0.25) is 5.15 Å². The van der Waals surface area contributed by atoms with E-state index < -0.39 is 18.8 Å². The monoisotopic (exact) mass is 384 g/mol. The van der Waals surface area contributed by atoms with E-state index in [-0.39, 0.29) is 28.7 Å². The van der Waals surface area contributed by atoms with Gasteiger partial charge in [0, 0.05) is 12.1 Å². The van der Waals surface area contributed by atoms with Gasteiger partial charge in [0.25, 0.3) is 0 Å². The lowest BCUT2D eigenvalue weighted by atomic mass is 9.96. The number of ether oxygens (including phenoxy) is 1. The second-order valence-electron chi connectivity index (χ2n) is 5.58. The molecule has 138 valence electrons. The van der Waals surface area contributed by atoms with Gasteiger partial charge in [0.2, 0.25) is 0 Å². The Morgan fingerprint density at radius 1 is 1.50 bits per heavy atom. The molecule has 9 heteroatoms. The average molecular weight is 385 g/mol. The molecular formula is C17H16ClF3N4O. The van der Waals surface area contributed by atoms with Gasteiger partial charge in [-0.2, -0.15) is 13.9 Å². The van der Waals surface area contributed by atoms with Crippen LogP contribution in [-0.2, 0) is 4.74 Å². The highest BCUT2D eigenvalue weighted by molar-refractivity contribution is 6.29. The molecular weight excluding hydrogens is 369 g/mol. The Hall–Kier alpha value is -2.32. The molecule has 0 aromatic carbocycles. The van der Waals surface area contributed by atoms with Crippen LogP contribution >= 0.6 is 11.6 Å². The fourth-order valence-electron chi connectivity index (χ4n) is 2.79. The molecule has 2 aromatic heterocycles. The van der Waals surface area contributed by atoms with Crippen molar-refractivity contribution >= 4 is 17.2 Å². The summed E-state index contributed by atoms with van der Waals surface area (Å²) in [6.45, 7) is 2.55. The minimum absolute atomic E-state index is 0.0418. The van der Waals surface area contributed by atoms with E-state index in [0.717, 1.165) is 0 Å². The molecule has 0 saturated heterocycles. The SMILES string of the molecule is C=C(/C(=C\C=C/C)OC(F)F)[C@@H]1NC[C@H](F)c2nc3ccc(Cl)nn3c21. The maximum atomic E-state index is 14.4. The molecule has 1 aliphatic rings. The summed E-state index contributed by atoms with van der Waals surface area (Å²) >= 11 is 5.94. The Kier molecular flexibility index (Phi) is 5.33. The first kappa shape index (κ1) is 18.5. The molecule has 0 aliphatic carbocycles. The van der Waals surface area contributed by atoms with E-state index in [1.165, 1.54) is 16.7 Å². The van der Waals surface area contributed by atoms with Crippen LogP contribution in [0.25, 0.3) is 5.65 Å². The molecule has 0 saturated carbocycles. The predicted octanol–water partition coefficient (Wildman–Crippen LogP) is 4.29. The molecule has 2 aromatic rings. The van der Waals surface area contributed by atoms with Crippen LogP contribution in [-0.4, -0.2) is 27.8 Å². The highest BCUT2D eigenvalue weighted by Crippen LogP contribution is 2.37. The highest BCUT2D eigenvalue weighted by atomic mass is 35.5. The normalized spacial score (nSPS) is 20.8. The van der Waals surface area contributed by atoms with Gasteiger partial charge < -0.3 is 10.1 Å². The van der Waals surface area contributed by atoms with Crippen LogP contribution in [0.15, 0.2) is 48.3 Å². The molecule has 0 spiro atoms. The van der Waals surface area contributed by atoms with Gasteiger partial charge in [-0.05, 0) is 25.1 Å². The molecule has 0 amide bonds. The quantitative estimate of drug-likeness (QED) is 0.617. The Morgan fingerprint density at radius 3 is 2.96 bits per heavy atom. The van der Waals surface area contributed by atoms with Gasteiger partial charge in [0.15, 0.2) is 11.8 Å². The van der Waals surface area contributed by atoms with E-state index in [4.69, 9.17) is 11.6 Å². The molecule has 2 atom stereocenters. The molecule has 1 aliphatic heterocycles. The van der Waals surface area contributed by atoms with E-state index in [9.17, 15) is 13.2 Å². The summed E-state index contributed by atoms with van der Waals surface area (Å²) < 4.78 is 45.9. The maximum Gasteiger partial charge on any atom is 0.387 e. The zero-order chi connectivity index (χ0) is 18.8. The number of hydrogen-bond donors (Lipinski definition) is 1. The van der Waals surface area contributed by atoms with Crippen molar-refractivity contribution in [3.63, 3.8) is 0 Å². The molecule has 0 bridgehead atoms. The van der Waals surface area contributed by atoms with Crippen molar-refractivity contribution in [3.05, 3.63) is 64.8 Å². The zero-order valence-electron chi connectivity index (χ0n) is 13.8. The lowest BCUT2D eigenvalue weighted by Gasteiger charge is -2.28. The van der Waals surface area contributed by atoms with Crippen molar-refractivity contribution in [1.29, 1.82) is 0 Å². The topological polar surface area (TPSA) is 51.5 Å². The third-order valence-corrected chi connectivity index (χ3v) is 4.10. The van der Waals surface area contributed by atoms with Crippen molar-refractivity contribution < 1.29 is 17.9 Å². The molecule has 3 rings (SSSR count). The number of alkyl halides is 3. The van der Waals surface area contributed by atoms with E-state index in [1.54, 1.807) is 25.1 Å². The van der Waals surface area contributed by atoms with Crippen LogP contribution in [0.3, 0.4) is 0 Å². The first-order valence-corrected chi connectivity index (χ1v) is 8.19. The Balaban J connectivity index is 2.09. The number of hydrogen-bond acceptors (Lipinski definition) is 4. The largest absolute Gasteiger partial charge is 0.434 e. The molecule has 0 unspecified atom stereocenters. The zero-order valence-corrected chi connectivity index (χ0v) is 14.6. The van der Waals surface area contributed by atoms with Gasteiger partial charge in [-0.25, -0.2) is 13.9 Å². The summed E-state index contributed by atoms with van der Waals surface area (Å²) in [6, 6.07) is 2.43. The minimum atomic E-state index is -3.02. The first-order chi connectivity index (χ1) is 12.4. The van der Waals surface area contributed by atoms with E-state index >= 15 is 0 Å². The summed E-state index contributed by atoms with van der Waals surface area (Å²) in [5.41, 5.74) is 1.14. The fraction of sp³-hybridized carbons (Fsp3) is 0.294. The second-order valence-corrected chi connectivity index (χ2v) is 5.96. The van der Waals surface area contributed by atoms with Gasteiger partial charge >= 0.3 is 6.61 Å². The van der Waals surface area contributed by atoms with Gasteiger partial charge in [0.1, 0.15) is 16.6 Å². The number of rotatable bonds is 5. The van der Waals surface area contributed by atoms with Gasteiger partial charge in [-0.15, -0.1) is 0 Å². The summed E-state index contributed by atoms with van der Waals surface area (Å²) in [4.78, 5) is 4.25. The molecule has 26 heavy (non-hydrogen) atoms. The van der Waals surface area contributed by atoms with Crippen molar-refractivity contribution in [2.24, 2.45) is 0 Å². The fourth-order valence-corrected chi connectivity index (χ4v) is 2.93. The molecule has 0 fully saturated rings. The van der Waals surface area contributed by atoms with Gasteiger partial charge in [0.05, 0.1) is 11.7 Å². The summed E-state index contributed by atoms with van der Waals surface area (Å²) in [6.07, 6.45) is 3.22. The summed E-state index contributed by atoms with van der Waals surface area (Å²) in [7, 11) is 0. The smallest absolute Gasteiger partial charge is 0.387 e. The van der Waals surface area contributed by atoms with E-state index in [2.05, 4.69) is 26.7 Å². The average Bonchev–Trinajstić information content (AvgIpc) is 2.98. The van der Waals surface area contributed by atoms with Crippen molar-refractivity contribution in [3.8, 4) is 0 Å². The molecule has 5 nitrogen and oxygen atoms in total. The van der Waals surface area contributed by atoms with Crippen molar-refractivity contribution in [2.75, 3.05) is 6.54 Å². The number of fused-ring (bicyclic) bond motifs is 3. The van der Waals surface area contributed by atoms with Crippen LogP contribution in [0, 0.1) is 0 Å². The summed E-state index contributed by atoms with van der Waals surface area (Å²) in [5.74, 6) is -0.115. The van der Waals surface area contributed by atoms with E-state index in [0.29, 0.717) is 11.3 Å². The number of aromatic nitrogens is 3. The van der Waals surface area contributed by atoms with Crippen LogP contribution < -0.4 is 5.32 Å². The lowest BCUT2D eigenvalue weighted by Crippen LogP contribution is -2.34. The predicted molar refractivity (Wildman–Crippen MR) is 91.7 cm³/mol. The van der Waals surface area contributed by atoms with Crippen molar-refractivity contribution in [1.82, 2.24) is 19.9 Å². The lowest BCUT2D eigenvalue weighted by molar-refractivity contribution is -0.0939. The first-order valence-electron chi connectivity index (χ1n) is 7.81. The second kappa shape index (κ2) is 7.51. The van der Waals surface area contributed by atoms with Crippen molar-refractivity contribution in [2.45, 2.75) is 25.7 Å². The molecule has 0 radical (unpaired) electrons. The summed E-state index contributed by atoms with van der Waals surface area (Å²) in [5, 5.41) is 7.28. The standard InChI is InChI=1S/C17H16ClF3N4O/c1-3-4-5-11(26-17(20)21)9(2)14-16-15(10(19)8-22-14)23-13-7-6-12(18)24-25(13)16/h3-7,10,14,17,22H,2,8H2,1H3/b4-3-,11-5+/t10-,14-/m0/s1. The highest BCUT2D eigenvalue weighted by Gasteiger charge is 2.35. The number of halogens is 4. The Labute approximate surface area is 152 Å². The number of nitrogens with one attached hydrogen (secondary N) is 1. The van der Waals surface area contributed by atoms with Crippen LogP contribution in [0.5, 0.6) is 0 Å². The van der Waals surface area contributed by atoms with Crippen LogP contribution in [0.1, 0.15) is 30.5 Å². The Bertz CT molecular complexity index is 894. The number of imidazole rings is 1. The molecule has 3 heterocycles. The van der Waals surface area contributed by atoms with E-state index in [1.807, 2.05) is 0 Å². The van der Waals surface area contributed by atoms with Gasteiger partial charge in [-0.1, -0.05) is 30.3 Å². The number of allylic oxidation sites excluding steroid dienone is 3. The Morgan fingerprint density at radius 2 is 2.27 bits per heavy atom. The van der Waals surface area contributed by atoms with Crippen LogP contribution in [0.4, 0.5) is 13.2 Å². The third-order valence-electron chi connectivity index (χ3n) is 3.90.